The summed E-state index contributed by atoms with van der Waals surface area (Å²) < 4.78 is 0. The molecule has 4 aromatic carbocycles. The van der Waals surface area contributed by atoms with Gasteiger partial charge in [0, 0.05) is 10.8 Å². The van der Waals surface area contributed by atoms with E-state index in [0.29, 0.717) is 0 Å². The van der Waals surface area contributed by atoms with Crippen LogP contribution in [0.5, 0.6) is 0 Å². The molecular weight excluding hydrogens is 390 g/mol. The van der Waals surface area contributed by atoms with Crippen molar-refractivity contribution in [3.63, 3.8) is 0 Å². The highest BCUT2D eigenvalue weighted by Crippen LogP contribution is 2.30. The van der Waals surface area contributed by atoms with E-state index in [1.54, 1.807) is 0 Å². The van der Waals surface area contributed by atoms with E-state index in [1.165, 1.54) is 10.8 Å². The summed E-state index contributed by atoms with van der Waals surface area (Å²) in [4.78, 5) is 14.3. The second-order valence-electron chi connectivity index (χ2n) is 7.91. The van der Waals surface area contributed by atoms with Gasteiger partial charge in [-0.15, -0.1) is 0 Å². The smallest absolute Gasteiger partial charge is 0.0820 e. The van der Waals surface area contributed by atoms with Crippen LogP contribution >= 0.6 is 0 Å². The van der Waals surface area contributed by atoms with Crippen LogP contribution < -0.4 is 0 Å². The summed E-state index contributed by atoms with van der Waals surface area (Å²) in [6.07, 6.45) is 3.66. The van der Waals surface area contributed by atoms with Gasteiger partial charge in [0.1, 0.15) is 0 Å². The highest BCUT2D eigenvalue weighted by Gasteiger charge is 2.04. The molecular formula is C29H23N3. The Hall–Kier alpha value is -4.11. The minimum Gasteiger partial charge on any atom is -0.254 e. The monoisotopic (exact) mass is 413 g/mol. The second-order valence-corrected chi connectivity index (χ2v) is 7.91. The molecule has 0 radical (unpaired) electrons. The average Bonchev–Trinajstić information content (AvgIpc) is 2.83. The predicted molar refractivity (Wildman–Crippen MR) is 136 cm³/mol. The quantitative estimate of drug-likeness (QED) is 0.281. The van der Waals surface area contributed by atoms with Gasteiger partial charge in [0.15, 0.2) is 0 Å². The minimum atomic E-state index is 0.802. The topological polar surface area (TPSA) is 37.6 Å². The lowest BCUT2D eigenvalue weighted by molar-refractivity contribution is 1.27. The van der Waals surface area contributed by atoms with Gasteiger partial charge >= 0.3 is 0 Å². The molecule has 0 atom stereocenters. The lowest BCUT2D eigenvalue weighted by Gasteiger charge is -2.06. The number of aromatic nitrogens is 1. The molecule has 0 aliphatic heterocycles. The molecule has 154 valence electrons. The number of fused-ring (bicyclic) bond motifs is 2. The number of nitrogens with zero attached hydrogens (tertiary/aromatic N) is 3. The minimum absolute atomic E-state index is 0.802. The van der Waals surface area contributed by atoms with Gasteiger partial charge < -0.3 is 0 Å². The summed E-state index contributed by atoms with van der Waals surface area (Å²) in [6, 6.07) is 31.0. The molecule has 3 heteroatoms. The summed E-state index contributed by atoms with van der Waals surface area (Å²) in [5.74, 6) is 0. The molecule has 0 aliphatic rings. The third-order valence-electron chi connectivity index (χ3n) is 5.65. The Kier molecular flexibility index (Phi) is 5.30. The zero-order valence-corrected chi connectivity index (χ0v) is 18.2. The van der Waals surface area contributed by atoms with Gasteiger partial charge in [-0.25, -0.2) is 4.98 Å². The highest BCUT2D eigenvalue weighted by molar-refractivity contribution is 5.98. The molecule has 32 heavy (non-hydrogen) atoms. The van der Waals surface area contributed by atoms with Crippen LogP contribution in [-0.2, 0) is 0 Å². The molecule has 0 aliphatic carbocycles. The number of pyridine rings is 1. The molecule has 0 saturated heterocycles. The van der Waals surface area contributed by atoms with Crippen LogP contribution in [0.2, 0.25) is 0 Å². The normalized spacial score (nSPS) is 11.8. The summed E-state index contributed by atoms with van der Waals surface area (Å²) in [7, 11) is 0. The molecule has 1 aromatic heterocycles. The molecule has 0 bridgehead atoms. The van der Waals surface area contributed by atoms with E-state index in [4.69, 9.17) is 15.0 Å². The van der Waals surface area contributed by atoms with E-state index in [2.05, 4.69) is 62.4 Å². The van der Waals surface area contributed by atoms with Crippen molar-refractivity contribution in [2.24, 2.45) is 9.98 Å². The first-order valence-corrected chi connectivity index (χ1v) is 10.7. The first-order chi connectivity index (χ1) is 15.7. The van der Waals surface area contributed by atoms with Gasteiger partial charge in [-0.1, -0.05) is 78.9 Å². The van der Waals surface area contributed by atoms with Crippen molar-refractivity contribution < 1.29 is 0 Å². The molecule has 0 unspecified atom stereocenters. The van der Waals surface area contributed by atoms with Crippen LogP contribution in [0.25, 0.3) is 21.5 Å². The zero-order valence-electron chi connectivity index (χ0n) is 18.2. The van der Waals surface area contributed by atoms with Gasteiger partial charge in [-0.2, -0.15) is 0 Å². The fourth-order valence-electron chi connectivity index (χ4n) is 3.95. The molecule has 5 aromatic rings. The Morgan fingerprint density at radius 3 is 1.50 bits per heavy atom. The van der Waals surface area contributed by atoms with E-state index in [1.807, 2.05) is 54.9 Å². The zero-order chi connectivity index (χ0) is 21.9. The summed E-state index contributed by atoms with van der Waals surface area (Å²) in [5, 5.41) is 4.66. The van der Waals surface area contributed by atoms with Gasteiger partial charge in [0.25, 0.3) is 0 Å². The predicted octanol–water partition coefficient (Wildman–Crippen LogP) is 7.51. The van der Waals surface area contributed by atoms with Crippen molar-refractivity contribution in [3.05, 3.63) is 114 Å². The lowest BCUT2D eigenvalue weighted by atomic mass is 10.1. The number of hydrogen-bond donors (Lipinski definition) is 0. The Morgan fingerprint density at radius 1 is 0.531 bits per heavy atom. The van der Waals surface area contributed by atoms with Gasteiger partial charge in [0.2, 0.25) is 0 Å². The molecule has 5 rings (SSSR count). The first-order valence-electron chi connectivity index (χ1n) is 10.7. The standard InChI is InChI=1S/C29H23N3/c1-20-14-16-22-8-3-5-12-26(22)28(20)30-18-24-10-7-11-25(32-24)19-31-29-21(2)15-17-23-9-4-6-13-27(23)29/h3-19H,1-2H3. The number of rotatable bonds is 4. The molecule has 3 nitrogen and oxygen atoms in total. The maximum Gasteiger partial charge on any atom is 0.0820 e. The molecule has 0 saturated carbocycles. The van der Waals surface area contributed by atoms with Crippen LogP contribution in [-0.4, -0.2) is 17.4 Å². The van der Waals surface area contributed by atoms with Crippen molar-refractivity contribution in [1.82, 2.24) is 4.98 Å². The first kappa shape index (κ1) is 19.8. The summed E-state index contributed by atoms with van der Waals surface area (Å²) in [5.41, 5.74) is 5.85. The van der Waals surface area contributed by atoms with Crippen LogP contribution in [0.1, 0.15) is 22.5 Å². The van der Waals surface area contributed by atoms with E-state index in [-0.39, 0.29) is 0 Å². The highest BCUT2D eigenvalue weighted by atomic mass is 14.8. The van der Waals surface area contributed by atoms with E-state index in [0.717, 1.165) is 44.7 Å². The summed E-state index contributed by atoms with van der Waals surface area (Å²) in [6.45, 7) is 4.17. The van der Waals surface area contributed by atoms with Crippen LogP contribution in [0.3, 0.4) is 0 Å². The number of aliphatic imine (C=N–C) groups is 2. The third kappa shape index (κ3) is 3.93. The fraction of sp³-hybridized carbons (Fsp3) is 0.0690. The van der Waals surface area contributed by atoms with Gasteiger partial charge in [-0.3, -0.25) is 9.98 Å². The lowest BCUT2D eigenvalue weighted by Crippen LogP contribution is -1.93. The average molecular weight is 414 g/mol. The van der Waals surface area contributed by atoms with Crippen molar-refractivity contribution in [2.75, 3.05) is 0 Å². The van der Waals surface area contributed by atoms with Crippen LogP contribution in [0, 0.1) is 13.8 Å². The van der Waals surface area contributed by atoms with Crippen LogP contribution in [0.15, 0.2) is 101 Å². The third-order valence-corrected chi connectivity index (χ3v) is 5.65. The van der Waals surface area contributed by atoms with Crippen molar-refractivity contribution in [3.8, 4) is 0 Å². The number of benzene rings is 4. The van der Waals surface area contributed by atoms with Gasteiger partial charge in [-0.05, 0) is 47.9 Å². The molecule has 0 fully saturated rings. The Morgan fingerprint density at radius 2 is 1.00 bits per heavy atom. The van der Waals surface area contributed by atoms with Crippen molar-refractivity contribution in [1.29, 1.82) is 0 Å². The Balaban J connectivity index is 1.47. The molecule has 1 heterocycles. The van der Waals surface area contributed by atoms with Gasteiger partial charge in [0.05, 0.1) is 35.2 Å². The number of hydrogen-bond acceptors (Lipinski definition) is 3. The summed E-state index contributed by atoms with van der Waals surface area (Å²) >= 11 is 0. The Labute approximate surface area is 187 Å². The van der Waals surface area contributed by atoms with E-state index in [9.17, 15) is 0 Å². The van der Waals surface area contributed by atoms with Crippen molar-refractivity contribution >= 4 is 45.3 Å². The largest absolute Gasteiger partial charge is 0.254 e. The maximum absolute atomic E-state index is 4.79. The molecule has 0 spiro atoms. The Bertz CT molecular complexity index is 1390. The van der Waals surface area contributed by atoms with Crippen molar-refractivity contribution in [2.45, 2.75) is 13.8 Å². The maximum atomic E-state index is 4.79. The van der Waals surface area contributed by atoms with E-state index >= 15 is 0 Å². The molecule has 0 amide bonds. The fourth-order valence-corrected chi connectivity index (χ4v) is 3.95. The second kappa shape index (κ2) is 8.56. The molecule has 0 N–H and O–H groups in total. The SMILES string of the molecule is Cc1ccc2ccccc2c1N=Cc1cccc(C=Nc2c(C)ccc3ccccc23)n1. The number of aryl methyl sites for hydroxylation is 2. The van der Waals surface area contributed by atoms with E-state index < -0.39 is 0 Å². The van der Waals surface area contributed by atoms with Crippen LogP contribution in [0.4, 0.5) is 11.4 Å².